The number of rotatable bonds is 3. The van der Waals surface area contributed by atoms with Gasteiger partial charge < -0.3 is 5.73 Å². The normalized spacial score (nSPS) is 11.5. The van der Waals surface area contributed by atoms with E-state index >= 15 is 0 Å². The van der Waals surface area contributed by atoms with Gasteiger partial charge in [-0.05, 0) is 32.4 Å². The van der Waals surface area contributed by atoms with Crippen molar-refractivity contribution in [3.63, 3.8) is 0 Å². The molecule has 24 heavy (non-hydrogen) atoms. The van der Waals surface area contributed by atoms with Gasteiger partial charge in [0.05, 0.1) is 27.7 Å². The minimum atomic E-state index is -3.70. The number of anilines is 1. The van der Waals surface area contributed by atoms with Gasteiger partial charge in [0.25, 0.3) is 0 Å². The summed E-state index contributed by atoms with van der Waals surface area (Å²) in [6, 6.07) is 8.34. The first-order valence-corrected chi connectivity index (χ1v) is 8.80. The molecular weight excluding hydrogens is 348 g/mol. The molecule has 0 unspecified atom stereocenters. The predicted octanol–water partition coefficient (Wildman–Crippen LogP) is 2.75. The number of fused-ring (bicyclic) bond motifs is 1. The number of nitrogens with zero attached hydrogens (tertiary/aromatic N) is 3. The first-order valence-electron chi connectivity index (χ1n) is 7.32. The van der Waals surface area contributed by atoms with Crippen LogP contribution in [-0.4, -0.2) is 23.0 Å². The smallest absolute Gasteiger partial charge is 0.212 e. The molecule has 6 nitrogen and oxygen atoms in total. The second-order valence-electron chi connectivity index (χ2n) is 5.38. The molecule has 8 heteroatoms. The lowest BCUT2D eigenvalue weighted by Crippen LogP contribution is -2.07. The molecule has 0 radical (unpaired) electrons. The van der Waals surface area contributed by atoms with Crippen molar-refractivity contribution in [2.75, 3.05) is 5.73 Å². The third-order valence-electron chi connectivity index (χ3n) is 3.91. The Morgan fingerprint density at radius 3 is 2.38 bits per heavy atom. The number of benzene rings is 1. The van der Waals surface area contributed by atoms with Crippen molar-refractivity contribution in [3.05, 3.63) is 47.4 Å². The number of hydrogen-bond acceptors (Lipinski definition) is 5. The number of nitrogens with two attached hydrogens (primary N) is 1. The van der Waals surface area contributed by atoms with Gasteiger partial charge >= 0.3 is 0 Å². The lowest BCUT2D eigenvalue weighted by Gasteiger charge is -2.07. The van der Waals surface area contributed by atoms with Crippen LogP contribution in [0, 0.1) is 13.8 Å². The average Bonchev–Trinajstić information content (AvgIpc) is 2.93. The predicted molar refractivity (Wildman–Crippen MR) is 95.4 cm³/mol. The van der Waals surface area contributed by atoms with Gasteiger partial charge in [-0.3, -0.25) is 0 Å². The first kappa shape index (κ1) is 18.2. The van der Waals surface area contributed by atoms with Crippen LogP contribution in [0.15, 0.2) is 40.1 Å². The molecule has 0 aliphatic heterocycles. The quantitative estimate of drug-likeness (QED) is 0.769. The minimum absolute atomic E-state index is 0. The molecule has 0 amide bonds. The standard InChI is InChI=1S/C16H18N4O2S.ClH/c1-4-13-15(23(21,22)12-8-6-5-7-9-12)16-18-10(2)14(17)11(3)20(16)19-13;/h5-9H,4,17H2,1-3H3;1H. The Bertz CT molecular complexity index is 998. The Kier molecular flexibility index (Phi) is 4.87. The fourth-order valence-electron chi connectivity index (χ4n) is 2.59. The Morgan fingerprint density at radius 1 is 1.17 bits per heavy atom. The average molecular weight is 367 g/mol. The Hall–Kier alpha value is -2.12. The fourth-order valence-corrected chi connectivity index (χ4v) is 4.21. The lowest BCUT2D eigenvalue weighted by atomic mass is 10.3. The summed E-state index contributed by atoms with van der Waals surface area (Å²) in [5.41, 5.74) is 8.63. The highest BCUT2D eigenvalue weighted by molar-refractivity contribution is 7.91. The second kappa shape index (κ2) is 6.41. The van der Waals surface area contributed by atoms with Crippen LogP contribution in [0.4, 0.5) is 5.69 Å². The van der Waals surface area contributed by atoms with Gasteiger partial charge in [0.15, 0.2) is 5.65 Å². The SMILES string of the molecule is CCc1nn2c(C)c(N)c(C)nc2c1S(=O)(=O)c1ccccc1.Cl. The maximum Gasteiger partial charge on any atom is 0.212 e. The summed E-state index contributed by atoms with van der Waals surface area (Å²) in [4.78, 5) is 4.79. The van der Waals surface area contributed by atoms with E-state index in [2.05, 4.69) is 10.1 Å². The fraction of sp³-hybridized carbons (Fsp3) is 0.250. The zero-order valence-corrected chi connectivity index (χ0v) is 15.3. The molecule has 0 spiro atoms. The molecule has 0 bridgehead atoms. The zero-order chi connectivity index (χ0) is 16.8. The van der Waals surface area contributed by atoms with E-state index in [1.165, 1.54) is 4.52 Å². The van der Waals surface area contributed by atoms with Crippen LogP contribution in [-0.2, 0) is 16.3 Å². The number of sulfone groups is 1. The van der Waals surface area contributed by atoms with Crippen LogP contribution in [0.5, 0.6) is 0 Å². The summed E-state index contributed by atoms with van der Waals surface area (Å²) in [6.45, 7) is 5.44. The molecule has 0 fully saturated rings. The summed E-state index contributed by atoms with van der Waals surface area (Å²) >= 11 is 0. The summed E-state index contributed by atoms with van der Waals surface area (Å²) in [5.74, 6) is 0. The number of hydrogen-bond donors (Lipinski definition) is 1. The van der Waals surface area contributed by atoms with Gasteiger partial charge in [-0.2, -0.15) is 5.10 Å². The maximum atomic E-state index is 13.1. The highest BCUT2D eigenvalue weighted by Crippen LogP contribution is 2.29. The van der Waals surface area contributed by atoms with E-state index in [4.69, 9.17) is 5.73 Å². The number of aryl methyl sites for hydroxylation is 3. The summed E-state index contributed by atoms with van der Waals surface area (Å²) in [5, 5.41) is 4.42. The van der Waals surface area contributed by atoms with E-state index in [1.807, 2.05) is 13.8 Å². The Morgan fingerprint density at radius 2 is 1.79 bits per heavy atom. The van der Waals surface area contributed by atoms with E-state index in [-0.39, 0.29) is 22.2 Å². The molecule has 0 saturated carbocycles. The van der Waals surface area contributed by atoms with Gasteiger partial charge in [0.2, 0.25) is 9.84 Å². The molecule has 2 heterocycles. The molecule has 128 valence electrons. The first-order chi connectivity index (χ1) is 10.9. The van der Waals surface area contributed by atoms with Crippen LogP contribution in [0.2, 0.25) is 0 Å². The molecule has 2 N–H and O–H groups in total. The van der Waals surface area contributed by atoms with E-state index in [1.54, 1.807) is 37.3 Å². The van der Waals surface area contributed by atoms with E-state index in [0.29, 0.717) is 34.8 Å². The van der Waals surface area contributed by atoms with Crippen LogP contribution in [0.25, 0.3) is 5.65 Å². The van der Waals surface area contributed by atoms with Gasteiger partial charge in [-0.1, -0.05) is 25.1 Å². The largest absolute Gasteiger partial charge is 0.396 e. The Labute approximate surface area is 147 Å². The molecular formula is C16H19ClN4O2S. The van der Waals surface area contributed by atoms with Gasteiger partial charge in [0, 0.05) is 0 Å². The zero-order valence-electron chi connectivity index (χ0n) is 13.6. The molecule has 0 atom stereocenters. The second-order valence-corrected chi connectivity index (χ2v) is 7.26. The number of nitrogen functional groups attached to an aromatic ring is 1. The number of halogens is 1. The third-order valence-corrected chi connectivity index (χ3v) is 5.76. The van der Waals surface area contributed by atoms with E-state index in [0.717, 1.165) is 0 Å². The van der Waals surface area contributed by atoms with Crippen LogP contribution < -0.4 is 5.73 Å². The highest BCUT2D eigenvalue weighted by Gasteiger charge is 2.28. The van der Waals surface area contributed by atoms with E-state index in [9.17, 15) is 8.42 Å². The molecule has 1 aromatic carbocycles. The van der Waals surface area contributed by atoms with Crippen molar-refractivity contribution >= 4 is 33.6 Å². The maximum absolute atomic E-state index is 13.1. The van der Waals surface area contributed by atoms with Crippen molar-refractivity contribution in [2.24, 2.45) is 0 Å². The summed E-state index contributed by atoms with van der Waals surface area (Å²) < 4.78 is 27.7. The van der Waals surface area contributed by atoms with Gasteiger partial charge in [0.1, 0.15) is 4.90 Å². The van der Waals surface area contributed by atoms with Crippen molar-refractivity contribution in [1.82, 2.24) is 14.6 Å². The van der Waals surface area contributed by atoms with Gasteiger partial charge in [-0.15, -0.1) is 12.4 Å². The topological polar surface area (TPSA) is 90.3 Å². The van der Waals surface area contributed by atoms with Crippen LogP contribution in [0.3, 0.4) is 0 Å². The lowest BCUT2D eigenvalue weighted by molar-refractivity contribution is 0.595. The summed E-state index contributed by atoms with van der Waals surface area (Å²) in [7, 11) is -3.70. The third kappa shape index (κ3) is 2.63. The molecule has 0 aliphatic rings. The van der Waals surface area contributed by atoms with Crippen molar-refractivity contribution < 1.29 is 8.42 Å². The van der Waals surface area contributed by atoms with Gasteiger partial charge in [-0.25, -0.2) is 17.9 Å². The van der Waals surface area contributed by atoms with Crippen LogP contribution >= 0.6 is 12.4 Å². The molecule has 0 aliphatic carbocycles. The number of aromatic nitrogens is 3. The molecule has 3 rings (SSSR count). The Balaban J connectivity index is 0.00000208. The van der Waals surface area contributed by atoms with Crippen molar-refractivity contribution in [3.8, 4) is 0 Å². The van der Waals surface area contributed by atoms with Crippen LogP contribution in [0.1, 0.15) is 24.0 Å². The van der Waals surface area contributed by atoms with E-state index < -0.39 is 9.84 Å². The molecule has 0 saturated heterocycles. The highest BCUT2D eigenvalue weighted by atomic mass is 35.5. The van der Waals surface area contributed by atoms with Crippen molar-refractivity contribution in [2.45, 2.75) is 37.0 Å². The minimum Gasteiger partial charge on any atom is -0.396 e. The summed E-state index contributed by atoms with van der Waals surface area (Å²) in [6.07, 6.45) is 0.489. The monoisotopic (exact) mass is 366 g/mol. The van der Waals surface area contributed by atoms with Crippen molar-refractivity contribution in [1.29, 1.82) is 0 Å². The molecule has 2 aromatic heterocycles. The molecule has 3 aromatic rings.